The Balaban J connectivity index is 1.03. The summed E-state index contributed by atoms with van der Waals surface area (Å²) in [5.41, 5.74) is 5.29. The average Bonchev–Trinajstić information content (AvgIpc) is 3.02. The van der Waals surface area contributed by atoms with Crippen LogP contribution >= 0.6 is 0 Å². The molecule has 3 atom stereocenters. The maximum Gasteiger partial charge on any atom is 0.271 e. The van der Waals surface area contributed by atoms with E-state index in [0.717, 1.165) is 63.6 Å². The quantitative estimate of drug-likeness (QED) is 0.392. The number of benzene rings is 2. The first kappa shape index (κ1) is 30.9. The minimum Gasteiger partial charge on any atom is -0.379 e. The molecule has 3 aromatic rings. The number of anilines is 2. The Morgan fingerprint density at radius 1 is 1.00 bits per heavy atom. The number of hydrogen-bond donors (Lipinski definition) is 2. The van der Waals surface area contributed by atoms with Crippen LogP contribution in [0.1, 0.15) is 53.4 Å². The van der Waals surface area contributed by atoms with Crippen molar-refractivity contribution < 1.29 is 14.0 Å². The minimum absolute atomic E-state index is 0.0768. The smallest absolute Gasteiger partial charge is 0.271 e. The molecule has 3 saturated heterocycles. The molecule has 10 nitrogen and oxygen atoms in total. The first-order valence-electron chi connectivity index (χ1n) is 15.8. The van der Waals surface area contributed by atoms with Crippen LogP contribution in [0, 0.1) is 12.7 Å². The third-order valence-electron chi connectivity index (χ3n) is 9.56. The fourth-order valence-corrected chi connectivity index (χ4v) is 6.99. The molecule has 3 aliphatic heterocycles. The van der Waals surface area contributed by atoms with E-state index < -0.39 is 17.6 Å². The topological polar surface area (TPSA) is 103 Å². The van der Waals surface area contributed by atoms with Crippen molar-refractivity contribution in [3.8, 4) is 0 Å². The van der Waals surface area contributed by atoms with Crippen LogP contribution in [-0.4, -0.2) is 83.8 Å². The van der Waals surface area contributed by atoms with Gasteiger partial charge in [-0.25, -0.2) is 9.07 Å². The summed E-state index contributed by atoms with van der Waals surface area (Å²) in [4.78, 5) is 43.3. The maximum atomic E-state index is 14.7. The lowest BCUT2D eigenvalue weighted by atomic mass is 9.87. The number of likely N-dealkylation sites (N-methyl/N-ethyl adjacent to an activating group) is 1. The largest absolute Gasteiger partial charge is 0.379 e. The molecule has 0 radical (unpaired) electrons. The molecular weight excluding hydrogens is 573 g/mol. The molecule has 2 N–H and O–H groups in total. The van der Waals surface area contributed by atoms with E-state index in [0.29, 0.717) is 23.5 Å². The summed E-state index contributed by atoms with van der Waals surface area (Å²) in [6.45, 7) is 7.98. The predicted molar refractivity (Wildman–Crippen MR) is 172 cm³/mol. The molecule has 6 rings (SSSR count). The van der Waals surface area contributed by atoms with Crippen LogP contribution in [0.5, 0.6) is 0 Å². The molecule has 45 heavy (non-hydrogen) atoms. The van der Waals surface area contributed by atoms with Gasteiger partial charge < -0.3 is 15.1 Å². The van der Waals surface area contributed by atoms with Crippen LogP contribution in [0.3, 0.4) is 0 Å². The van der Waals surface area contributed by atoms with Gasteiger partial charge >= 0.3 is 0 Å². The molecule has 3 fully saturated rings. The number of nitrogens with zero attached hydrogens (tertiary/aromatic N) is 5. The Morgan fingerprint density at radius 3 is 2.49 bits per heavy atom. The zero-order valence-corrected chi connectivity index (χ0v) is 26.3. The van der Waals surface area contributed by atoms with E-state index in [1.54, 1.807) is 25.4 Å². The van der Waals surface area contributed by atoms with Crippen LogP contribution in [0.15, 0.2) is 53.5 Å². The van der Waals surface area contributed by atoms with E-state index >= 15 is 0 Å². The zero-order valence-electron chi connectivity index (χ0n) is 26.3. The summed E-state index contributed by atoms with van der Waals surface area (Å²) in [5.74, 6) is -1.37. The highest BCUT2D eigenvalue weighted by Crippen LogP contribution is 2.32. The van der Waals surface area contributed by atoms with E-state index in [2.05, 4.69) is 61.7 Å². The van der Waals surface area contributed by atoms with Crippen molar-refractivity contribution in [1.82, 2.24) is 24.9 Å². The number of piperazine rings is 1. The summed E-state index contributed by atoms with van der Waals surface area (Å²) in [7, 11) is 3.81. The molecule has 4 heterocycles. The molecule has 238 valence electrons. The van der Waals surface area contributed by atoms with Gasteiger partial charge in [0, 0.05) is 82.1 Å². The van der Waals surface area contributed by atoms with Crippen LogP contribution in [0.2, 0.25) is 0 Å². The summed E-state index contributed by atoms with van der Waals surface area (Å²) in [6.07, 6.45) is 3.28. The van der Waals surface area contributed by atoms with Crippen molar-refractivity contribution >= 4 is 23.2 Å². The van der Waals surface area contributed by atoms with Crippen molar-refractivity contribution in [2.24, 2.45) is 7.05 Å². The van der Waals surface area contributed by atoms with E-state index in [1.165, 1.54) is 21.9 Å². The first-order valence-corrected chi connectivity index (χ1v) is 15.8. The number of piperidine rings is 2. The Morgan fingerprint density at radius 2 is 1.76 bits per heavy atom. The monoisotopic (exact) mass is 615 g/mol. The van der Waals surface area contributed by atoms with Crippen molar-refractivity contribution in [3.63, 3.8) is 0 Å². The third-order valence-corrected chi connectivity index (χ3v) is 9.56. The van der Waals surface area contributed by atoms with Gasteiger partial charge in [0.2, 0.25) is 11.8 Å². The maximum absolute atomic E-state index is 14.7. The minimum atomic E-state index is -0.635. The number of amides is 2. The van der Waals surface area contributed by atoms with E-state index in [1.807, 2.05) is 6.92 Å². The normalized spacial score (nSPS) is 23.2. The highest BCUT2D eigenvalue weighted by atomic mass is 19.1. The van der Waals surface area contributed by atoms with Gasteiger partial charge in [-0.05, 0) is 62.1 Å². The van der Waals surface area contributed by atoms with Gasteiger partial charge in [-0.3, -0.25) is 24.6 Å². The molecule has 0 bridgehead atoms. The second-order valence-corrected chi connectivity index (χ2v) is 12.8. The number of aryl methyl sites for hydroxylation is 1. The first-order chi connectivity index (χ1) is 21.6. The average molecular weight is 616 g/mol. The fraction of sp³-hybridized carbons (Fsp3) is 0.471. The molecule has 11 heteroatoms. The number of aromatic nitrogens is 2. The number of halogens is 1. The molecule has 2 amide bonds. The summed E-state index contributed by atoms with van der Waals surface area (Å²) < 4.78 is 16.1. The number of likely N-dealkylation sites (tertiary alicyclic amines) is 1. The Kier molecular flexibility index (Phi) is 9.00. The van der Waals surface area contributed by atoms with Crippen molar-refractivity contribution in [1.29, 1.82) is 0 Å². The van der Waals surface area contributed by atoms with Crippen molar-refractivity contribution in [2.45, 2.75) is 50.6 Å². The van der Waals surface area contributed by atoms with E-state index in [-0.39, 0.29) is 23.9 Å². The van der Waals surface area contributed by atoms with Gasteiger partial charge in [0.1, 0.15) is 5.82 Å². The molecule has 1 aromatic heterocycles. The van der Waals surface area contributed by atoms with Crippen LogP contribution in [0.4, 0.5) is 15.8 Å². The van der Waals surface area contributed by atoms with Crippen molar-refractivity contribution in [2.75, 3.05) is 56.5 Å². The number of nitrogens with one attached hydrogen (secondary N) is 2. The fourth-order valence-electron chi connectivity index (χ4n) is 6.99. The van der Waals surface area contributed by atoms with Crippen molar-refractivity contribution in [3.05, 3.63) is 87.1 Å². The van der Waals surface area contributed by atoms with Crippen LogP contribution < -0.4 is 21.1 Å². The number of rotatable bonds is 7. The van der Waals surface area contributed by atoms with Gasteiger partial charge in [0.05, 0.1) is 17.8 Å². The molecule has 0 aliphatic carbocycles. The van der Waals surface area contributed by atoms with Crippen LogP contribution in [-0.2, 0) is 23.2 Å². The lowest BCUT2D eigenvalue weighted by molar-refractivity contribution is -0.134. The molecule has 1 unspecified atom stereocenters. The zero-order chi connectivity index (χ0) is 31.7. The Bertz CT molecular complexity index is 1620. The lowest BCUT2D eigenvalue weighted by Crippen LogP contribution is -2.46. The lowest BCUT2D eigenvalue weighted by Gasteiger charge is -2.37. The molecule has 0 saturated carbocycles. The highest BCUT2D eigenvalue weighted by Gasteiger charge is 2.31. The number of hydrogen-bond acceptors (Lipinski definition) is 8. The van der Waals surface area contributed by atoms with E-state index in [4.69, 9.17) is 0 Å². The second kappa shape index (κ2) is 13.1. The number of imide groups is 1. The highest BCUT2D eigenvalue weighted by molar-refractivity contribution is 6.01. The standard InChI is InChI=1S/C34H42FN7O3/c1-22-31(18-36-40(3)34(22)45)37-26-16-25(20-39(2)21-26)24-6-4-23(5-7-24)19-41-12-14-42(15-13-41)27-8-10-30(35)29(17-27)28-9-11-32(43)38-33(28)44/h4-8,10,17-18,25-26,28,37H,9,11-16,19-21H2,1-3H3,(H,38,43,44)/t25-,26+,28?/m0/s1. The number of carbonyl (C=O) groups is 2. The van der Waals surface area contributed by atoms with Gasteiger partial charge in [-0.2, -0.15) is 5.10 Å². The SMILES string of the molecule is Cc1c(N[C@@H]2C[C@H](c3ccc(CN4CCN(c5ccc(F)c(C6CCC(=O)NC6=O)c5)CC4)cc3)CN(C)C2)cnn(C)c1=O. The summed E-state index contributed by atoms with van der Waals surface area (Å²) in [5, 5.41) is 10.1. The third kappa shape index (κ3) is 6.94. The van der Waals surface area contributed by atoms with E-state index in [9.17, 15) is 18.8 Å². The van der Waals surface area contributed by atoms with Gasteiger partial charge in [-0.15, -0.1) is 0 Å². The summed E-state index contributed by atoms with van der Waals surface area (Å²) >= 11 is 0. The van der Waals surface area contributed by atoms with Gasteiger partial charge in [-0.1, -0.05) is 24.3 Å². The van der Waals surface area contributed by atoms with Gasteiger partial charge in [0.15, 0.2) is 0 Å². The summed E-state index contributed by atoms with van der Waals surface area (Å²) in [6, 6.07) is 14.2. The second-order valence-electron chi connectivity index (χ2n) is 12.8. The number of carbonyl (C=O) groups excluding carboxylic acids is 2. The van der Waals surface area contributed by atoms with Crippen LogP contribution in [0.25, 0.3) is 0 Å². The molecule has 3 aliphatic rings. The Hall–Kier alpha value is -4.09. The van der Waals surface area contributed by atoms with Gasteiger partial charge in [0.25, 0.3) is 5.56 Å². The predicted octanol–water partition coefficient (Wildman–Crippen LogP) is 2.97. The molecule has 0 spiro atoms. The molecular formula is C34H42FN7O3. The molecule has 2 aromatic carbocycles. The Labute approximate surface area is 263 Å².